The highest BCUT2D eigenvalue weighted by molar-refractivity contribution is 5.93. The maximum Gasteiger partial charge on any atom is 0.310 e. The molecule has 0 heterocycles. The van der Waals surface area contributed by atoms with Gasteiger partial charge in [0.2, 0.25) is 0 Å². The molecular formula is C92H72N4O12. The van der Waals surface area contributed by atoms with E-state index in [0.29, 0.717) is 45.3 Å². The van der Waals surface area contributed by atoms with Gasteiger partial charge in [-0.1, -0.05) is 133 Å². The fourth-order valence-electron chi connectivity index (χ4n) is 14.3. The van der Waals surface area contributed by atoms with Crippen LogP contribution in [0.5, 0.6) is 23.0 Å². The van der Waals surface area contributed by atoms with Gasteiger partial charge in [-0.3, -0.25) is 19.2 Å². The Balaban J connectivity index is 0.655. The summed E-state index contributed by atoms with van der Waals surface area (Å²) in [4.78, 5) is 59.6. The summed E-state index contributed by atoms with van der Waals surface area (Å²) in [5, 5.41) is 44.9. The highest BCUT2D eigenvalue weighted by Gasteiger charge is 2.62. The monoisotopic (exact) mass is 1420 g/mol. The van der Waals surface area contributed by atoms with Crippen molar-refractivity contribution in [1.82, 2.24) is 0 Å². The lowest BCUT2D eigenvalue weighted by atomic mass is 9.53. The Kier molecular flexibility index (Phi) is 22.2. The molecule has 0 saturated heterocycles. The summed E-state index contributed by atoms with van der Waals surface area (Å²) >= 11 is 0. The van der Waals surface area contributed by atoms with Gasteiger partial charge >= 0.3 is 23.9 Å². The molecule has 12 aromatic rings. The van der Waals surface area contributed by atoms with Crippen molar-refractivity contribution in [3.05, 3.63) is 277 Å². The van der Waals surface area contributed by atoms with Crippen LogP contribution in [-0.2, 0) is 38.1 Å². The molecule has 3 aliphatic carbocycles. The minimum atomic E-state index is -1.27. The molecule has 12 aromatic carbocycles. The first kappa shape index (κ1) is 71.5. The fraction of sp³-hybridized carbons (Fsp3) is 0.196. The molecule has 108 heavy (non-hydrogen) atoms. The van der Waals surface area contributed by atoms with Crippen LogP contribution in [-0.4, -0.2) is 76.7 Å². The average Bonchev–Trinajstić information content (AvgIpc) is 0.722. The summed E-state index contributed by atoms with van der Waals surface area (Å²) < 4.78 is 48.9. The van der Waals surface area contributed by atoms with Crippen LogP contribution in [0.2, 0.25) is 0 Å². The molecule has 1 fully saturated rings. The van der Waals surface area contributed by atoms with E-state index in [-0.39, 0.29) is 78.5 Å². The van der Waals surface area contributed by atoms with E-state index >= 15 is 0 Å². The van der Waals surface area contributed by atoms with Gasteiger partial charge in [0.25, 0.3) is 0 Å². The third-order valence-corrected chi connectivity index (χ3v) is 19.9. The van der Waals surface area contributed by atoms with Gasteiger partial charge in [-0.15, -0.1) is 0 Å². The van der Waals surface area contributed by atoms with Crippen LogP contribution in [0.25, 0.3) is 87.6 Å². The predicted octanol–water partition coefficient (Wildman–Crippen LogP) is 18.1. The molecule has 0 aromatic heterocycles. The predicted molar refractivity (Wildman–Crippen MR) is 411 cm³/mol. The number of carbonyl (C=O) groups is 4. The van der Waals surface area contributed by atoms with Gasteiger partial charge < -0.3 is 37.9 Å². The number of nitriles is 4. The van der Waals surface area contributed by atoms with Crippen LogP contribution >= 0.6 is 0 Å². The van der Waals surface area contributed by atoms with Crippen LogP contribution in [0.1, 0.15) is 47.9 Å². The largest absolute Gasteiger partial charge is 0.493 e. The van der Waals surface area contributed by atoms with Crippen molar-refractivity contribution in [2.75, 3.05) is 52.9 Å². The van der Waals surface area contributed by atoms with Crippen LogP contribution in [0.3, 0.4) is 0 Å². The molecule has 15 rings (SSSR count). The number of allylic oxidation sites excluding steroid dienone is 2. The second-order valence-corrected chi connectivity index (χ2v) is 26.8. The lowest BCUT2D eigenvalue weighted by molar-refractivity contribution is -0.186. The summed E-state index contributed by atoms with van der Waals surface area (Å²) in [6.45, 7) is 0.339. The first-order valence-corrected chi connectivity index (χ1v) is 36.0. The van der Waals surface area contributed by atoms with E-state index in [2.05, 4.69) is 48.5 Å². The second-order valence-electron chi connectivity index (χ2n) is 26.8. The van der Waals surface area contributed by atoms with E-state index in [4.69, 9.17) is 37.9 Å². The fourth-order valence-corrected chi connectivity index (χ4v) is 14.3. The second kappa shape index (κ2) is 33.5. The lowest BCUT2D eigenvalue weighted by Gasteiger charge is -2.49. The van der Waals surface area contributed by atoms with E-state index in [9.17, 15) is 40.2 Å². The maximum atomic E-state index is 14.9. The Morgan fingerprint density at radius 3 is 0.648 bits per heavy atom. The van der Waals surface area contributed by atoms with E-state index in [1.165, 1.54) is 0 Å². The molecule has 2 unspecified atom stereocenters. The zero-order valence-corrected chi connectivity index (χ0v) is 58.9. The Hall–Kier alpha value is -13.5. The normalized spacial score (nSPS) is 16.1. The number of carbonyl (C=O) groups excluding carboxylic acids is 4. The van der Waals surface area contributed by atoms with Gasteiger partial charge in [-0.25, -0.2) is 0 Å². The van der Waals surface area contributed by atoms with E-state index in [1.54, 1.807) is 60.7 Å². The number of esters is 4. The van der Waals surface area contributed by atoms with Gasteiger partial charge in [0, 0.05) is 37.5 Å². The molecule has 532 valence electrons. The van der Waals surface area contributed by atoms with E-state index in [1.807, 2.05) is 170 Å². The maximum absolute atomic E-state index is 14.9. The summed E-state index contributed by atoms with van der Waals surface area (Å²) in [7, 11) is 0. The van der Waals surface area contributed by atoms with Gasteiger partial charge in [-0.2, -0.15) is 21.0 Å². The van der Waals surface area contributed by atoms with Crippen LogP contribution < -0.4 is 18.9 Å². The molecule has 0 amide bonds. The molecule has 16 heteroatoms. The Morgan fingerprint density at radius 2 is 0.435 bits per heavy atom. The number of nitrogens with zero attached hydrogens (tertiary/aromatic N) is 4. The van der Waals surface area contributed by atoms with Crippen molar-refractivity contribution >= 4 is 67.0 Å². The minimum absolute atomic E-state index is 0.0936. The number of rotatable bonds is 28. The standard InChI is InChI=1S/C92H72N4O12/c93-55-59-5-13-63(14-6-59)67-21-25-75-51-79(33-29-71(75)47-67)101-39-1-43-105-89(97)85-83-37-38-84(86(85)90(98)106-44-2-40-102-80-34-30-72-48-68(22-26-76(72)52-80)64-15-7-60(56-94)8-16-64)88(92(100)108-46-4-42-104-82-36-32-74-50-70(24-28-78(74)54-82)66-19-11-62(58-96)12-20-66)87(83)91(99)107-45-3-41-103-81-35-31-73-49-69(23-27-77(73)53-81)65-17-9-61(57-95)10-18-65/h5-38,47-54,83-88H,1-4,39-46H2/t83?,84?,85-,86+,87+,88-. The topological polar surface area (TPSA) is 237 Å². The lowest BCUT2D eigenvalue weighted by Crippen LogP contribution is -2.58. The van der Waals surface area contributed by atoms with E-state index in [0.717, 1.165) is 87.6 Å². The highest BCUT2D eigenvalue weighted by atomic mass is 16.6. The Morgan fingerprint density at radius 1 is 0.241 bits per heavy atom. The van der Waals surface area contributed by atoms with Crippen molar-refractivity contribution in [2.24, 2.45) is 35.5 Å². The smallest absolute Gasteiger partial charge is 0.310 e. The van der Waals surface area contributed by atoms with Crippen LogP contribution in [0.4, 0.5) is 0 Å². The summed E-state index contributed by atoms with van der Waals surface area (Å²) in [6, 6.07) is 85.8. The van der Waals surface area contributed by atoms with Crippen LogP contribution in [0.15, 0.2) is 255 Å². The summed E-state index contributed by atoms with van der Waals surface area (Å²) in [5.41, 5.74) is 10.3. The molecule has 1 saturated carbocycles. The molecule has 0 aliphatic heterocycles. The zero-order valence-electron chi connectivity index (χ0n) is 58.9. The molecule has 6 atom stereocenters. The van der Waals surface area contributed by atoms with Crippen molar-refractivity contribution in [1.29, 1.82) is 21.0 Å². The number of benzene rings is 12. The quantitative estimate of drug-likeness (QED) is 0.0192. The molecule has 3 aliphatic rings. The van der Waals surface area contributed by atoms with Gasteiger partial charge in [0.15, 0.2) is 0 Å². The van der Waals surface area contributed by atoms with Gasteiger partial charge in [-0.05, 0) is 209 Å². The van der Waals surface area contributed by atoms with Gasteiger partial charge in [0.05, 0.1) is 123 Å². The first-order valence-electron chi connectivity index (χ1n) is 36.0. The Bertz CT molecular complexity index is 4870. The molecule has 0 spiro atoms. The number of ether oxygens (including phenoxy) is 8. The van der Waals surface area contributed by atoms with E-state index < -0.39 is 59.4 Å². The zero-order chi connectivity index (χ0) is 74.3. The SMILES string of the molecule is N#Cc1ccc(-c2ccc3cc(OCCCOC(=O)[C@@H]4C5C=CC([C@@H](C(=O)OCCCOc6ccc7cc(-c8ccc(C#N)cc8)ccc7c6)[C@H]5C(=O)OCCCOc5ccc6cc(-c7ccc(C#N)cc7)ccc6c5)[C@@H]4C(=O)OCCCOc4ccc5cc(-c6ccc(C#N)cc6)ccc5c4)ccc3c2)cc1. The molecule has 0 radical (unpaired) electrons. The van der Waals surface area contributed by atoms with Crippen molar-refractivity contribution in [3.63, 3.8) is 0 Å². The first-order chi connectivity index (χ1) is 52.9. The highest BCUT2D eigenvalue weighted by Crippen LogP contribution is 2.53. The van der Waals surface area contributed by atoms with Crippen molar-refractivity contribution in [2.45, 2.75) is 25.7 Å². The molecule has 16 nitrogen and oxygen atoms in total. The average molecular weight is 1430 g/mol. The van der Waals surface area contributed by atoms with Gasteiger partial charge in [0.1, 0.15) is 23.0 Å². The molecule has 2 bridgehead atoms. The number of hydrogen-bond acceptors (Lipinski definition) is 16. The summed E-state index contributed by atoms with van der Waals surface area (Å²) in [5.74, 6) is -7.76. The number of hydrogen-bond donors (Lipinski definition) is 0. The third-order valence-electron chi connectivity index (χ3n) is 19.9. The van der Waals surface area contributed by atoms with Crippen molar-refractivity contribution < 1.29 is 57.1 Å². The molecule has 0 N–H and O–H groups in total. The Labute approximate surface area is 624 Å². The minimum Gasteiger partial charge on any atom is -0.493 e. The summed E-state index contributed by atoms with van der Waals surface area (Å²) in [6.07, 6.45) is 4.52. The van der Waals surface area contributed by atoms with Crippen molar-refractivity contribution in [3.8, 4) is 91.8 Å². The third kappa shape index (κ3) is 16.7. The molecular weight excluding hydrogens is 1350 g/mol. The number of fused-ring (bicyclic) bond motifs is 6. The van der Waals surface area contributed by atoms with Crippen LogP contribution in [0, 0.1) is 80.8 Å².